The van der Waals surface area contributed by atoms with Crippen molar-refractivity contribution in [1.29, 1.82) is 0 Å². The van der Waals surface area contributed by atoms with E-state index >= 15 is 0 Å². The Hall–Kier alpha value is -2.24. The number of hydrogen-bond donors (Lipinski definition) is 2. The normalized spacial score (nSPS) is 10.2. The fourth-order valence-corrected chi connectivity index (χ4v) is 1.45. The molecule has 0 unspecified atom stereocenters. The number of hydrogen-bond acceptors (Lipinski definition) is 4. The first kappa shape index (κ1) is 12.2. The predicted molar refractivity (Wildman–Crippen MR) is 65.8 cm³/mol. The molecular weight excluding hydrogens is 238 g/mol. The minimum atomic E-state index is -0.981. The number of para-hydroxylation sites is 1. The van der Waals surface area contributed by atoms with E-state index in [4.69, 9.17) is 0 Å². The fraction of sp³-hybridized carbons (Fsp3) is 0.167. The molecule has 2 aromatic rings. The van der Waals surface area contributed by atoms with Gasteiger partial charge in [0.2, 0.25) is 5.82 Å². The topological polar surface area (TPSA) is 49.8 Å². The molecule has 0 fully saturated rings. The average Bonchev–Trinajstić information content (AvgIpc) is 2.36. The van der Waals surface area contributed by atoms with Gasteiger partial charge in [0.05, 0.1) is 0 Å². The Morgan fingerprint density at radius 2 is 1.72 bits per heavy atom. The fourth-order valence-electron chi connectivity index (χ4n) is 1.45. The van der Waals surface area contributed by atoms with Gasteiger partial charge in [0.1, 0.15) is 0 Å². The van der Waals surface area contributed by atoms with Crippen LogP contribution in [-0.2, 0) is 0 Å². The van der Waals surface area contributed by atoms with Gasteiger partial charge in [-0.3, -0.25) is 0 Å². The molecule has 0 aliphatic rings. The third kappa shape index (κ3) is 2.71. The van der Waals surface area contributed by atoms with E-state index in [2.05, 4.69) is 20.6 Å². The van der Waals surface area contributed by atoms with Crippen molar-refractivity contribution < 1.29 is 8.78 Å². The second kappa shape index (κ2) is 5.39. The predicted octanol–water partition coefficient (Wildman–Crippen LogP) is 2.93. The van der Waals surface area contributed by atoms with Crippen molar-refractivity contribution >= 4 is 17.3 Å². The lowest BCUT2D eigenvalue weighted by atomic mass is 10.3. The van der Waals surface area contributed by atoms with Crippen molar-refractivity contribution in [3.05, 3.63) is 42.2 Å². The molecule has 0 radical (unpaired) electrons. The zero-order chi connectivity index (χ0) is 13.0. The molecule has 2 rings (SSSR count). The summed E-state index contributed by atoms with van der Waals surface area (Å²) in [6.07, 6.45) is -0.981. The van der Waals surface area contributed by atoms with Gasteiger partial charge in [-0.2, -0.15) is 18.7 Å². The molecular formula is C12H12F2N4. The van der Waals surface area contributed by atoms with E-state index in [9.17, 15) is 8.78 Å². The molecule has 6 heteroatoms. The molecule has 0 aliphatic heterocycles. The molecule has 1 aromatic carbocycles. The van der Waals surface area contributed by atoms with Gasteiger partial charge in [-0.25, -0.2) is 0 Å². The van der Waals surface area contributed by atoms with Crippen LogP contribution in [0.15, 0.2) is 30.3 Å². The molecule has 94 valence electrons. The van der Waals surface area contributed by atoms with Crippen LogP contribution in [0.5, 0.6) is 0 Å². The van der Waals surface area contributed by atoms with E-state index in [0.29, 0.717) is 12.2 Å². The molecule has 0 atom stereocenters. The first-order valence-corrected chi connectivity index (χ1v) is 5.49. The summed E-state index contributed by atoms with van der Waals surface area (Å²) in [6, 6.07) is 8.84. The van der Waals surface area contributed by atoms with E-state index in [1.807, 2.05) is 6.07 Å². The molecule has 0 spiro atoms. The number of aromatic nitrogens is 2. The van der Waals surface area contributed by atoms with Crippen molar-refractivity contribution in [1.82, 2.24) is 9.97 Å². The summed E-state index contributed by atoms with van der Waals surface area (Å²) in [5.74, 6) is -1.05. The highest BCUT2D eigenvalue weighted by Crippen LogP contribution is 2.22. The minimum Gasteiger partial charge on any atom is -0.368 e. The lowest BCUT2D eigenvalue weighted by Gasteiger charge is -2.09. The third-order valence-electron chi connectivity index (χ3n) is 2.20. The van der Waals surface area contributed by atoms with Gasteiger partial charge in [0.25, 0.3) is 0 Å². The number of halogens is 2. The van der Waals surface area contributed by atoms with Crippen LogP contribution < -0.4 is 10.6 Å². The highest BCUT2D eigenvalue weighted by Gasteiger charge is 2.14. The van der Waals surface area contributed by atoms with Crippen molar-refractivity contribution in [2.45, 2.75) is 6.92 Å². The summed E-state index contributed by atoms with van der Waals surface area (Å²) in [5, 5.41) is 5.34. The standard InChI is InChI=1S/C12H12F2N4/c1-2-15-10-9(13)11(18-12(14)17-10)16-8-6-4-3-5-7-8/h3-7H,2H2,1H3,(H2,15,16,17,18). The quantitative estimate of drug-likeness (QED) is 0.819. The van der Waals surface area contributed by atoms with Crippen molar-refractivity contribution in [2.24, 2.45) is 0 Å². The Morgan fingerprint density at radius 1 is 1.06 bits per heavy atom. The van der Waals surface area contributed by atoms with Gasteiger partial charge in [-0.05, 0) is 19.1 Å². The zero-order valence-corrected chi connectivity index (χ0v) is 9.74. The van der Waals surface area contributed by atoms with Crippen molar-refractivity contribution in [2.75, 3.05) is 17.2 Å². The monoisotopic (exact) mass is 250 g/mol. The number of benzene rings is 1. The van der Waals surface area contributed by atoms with E-state index in [0.717, 1.165) is 0 Å². The first-order valence-electron chi connectivity index (χ1n) is 5.49. The third-order valence-corrected chi connectivity index (χ3v) is 2.20. The van der Waals surface area contributed by atoms with E-state index in [-0.39, 0.29) is 11.6 Å². The van der Waals surface area contributed by atoms with Crippen LogP contribution in [0.25, 0.3) is 0 Å². The Bertz CT molecular complexity index is 531. The lowest BCUT2D eigenvalue weighted by Crippen LogP contribution is -2.08. The molecule has 4 nitrogen and oxygen atoms in total. The zero-order valence-electron chi connectivity index (χ0n) is 9.74. The molecule has 2 N–H and O–H groups in total. The largest absolute Gasteiger partial charge is 0.368 e. The molecule has 0 amide bonds. The van der Waals surface area contributed by atoms with Crippen LogP contribution in [0.2, 0.25) is 0 Å². The Morgan fingerprint density at radius 3 is 2.39 bits per heavy atom. The number of anilines is 3. The molecule has 18 heavy (non-hydrogen) atoms. The van der Waals surface area contributed by atoms with Crippen LogP contribution >= 0.6 is 0 Å². The SMILES string of the molecule is CCNc1nc(F)nc(Nc2ccccc2)c1F. The minimum absolute atomic E-state index is 0.150. The van der Waals surface area contributed by atoms with E-state index in [1.54, 1.807) is 31.2 Å². The maximum Gasteiger partial charge on any atom is 0.312 e. The summed E-state index contributed by atoms with van der Waals surface area (Å²) < 4.78 is 27.1. The van der Waals surface area contributed by atoms with Crippen LogP contribution in [0.3, 0.4) is 0 Å². The van der Waals surface area contributed by atoms with Crippen LogP contribution in [-0.4, -0.2) is 16.5 Å². The second-order valence-corrected chi connectivity index (χ2v) is 3.53. The Labute approximate surface area is 103 Å². The molecule has 0 saturated carbocycles. The second-order valence-electron chi connectivity index (χ2n) is 3.53. The highest BCUT2D eigenvalue weighted by molar-refractivity contribution is 5.59. The maximum absolute atomic E-state index is 13.9. The van der Waals surface area contributed by atoms with Crippen LogP contribution in [0.1, 0.15) is 6.92 Å². The average molecular weight is 250 g/mol. The molecule has 0 aliphatic carbocycles. The highest BCUT2D eigenvalue weighted by atomic mass is 19.1. The number of nitrogens with zero attached hydrogens (tertiary/aromatic N) is 2. The van der Waals surface area contributed by atoms with Crippen LogP contribution in [0.4, 0.5) is 26.1 Å². The summed E-state index contributed by atoms with van der Waals surface area (Å²) in [7, 11) is 0. The van der Waals surface area contributed by atoms with Crippen molar-refractivity contribution in [3.63, 3.8) is 0 Å². The summed E-state index contributed by atoms with van der Waals surface area (Å²) in [6.45, 7) is 2.21. The van der Waals surface area contributed by atoms with E-state index < -0.39 is 11.9 Å². The Balaban J connectivity index is 2.33. The summed E-state index contributed by atoms with van der Waals surface area (Å²) in [4.78, 5) is 6.77. The Kier molecular flexibility index (Phi) is 3.66. The van der Waals surface area contributed by atoms with Gasteiger partial charge in [0.15, 0.2) is 11.6 Å². The molecule has 0 saturated heterocycles. The summed E-state index contributed by atoms with van der Waals surface area (Å²) >= 11 is 0. The van der Waals surface area contributed by atoms with E-state index in [1.165, 1.54) is 0 Å². The number of rotatable bonds is 4. The van der Waals surface area contributed by atoms with Gasteiger partial charge < -0.3 is 10.6 Å². The van der Waals surface area contributed by atoms with Gasteiger partial charge >= 0.3 is 6.08 Å². The van der Waals surface area contributed by atoms with Crippen LogP contribution in [0, 0.1) is 11.9 Å². The van der Waals surface area contributed by atoms with Crippen molar-refractivity contribution in [3.8, 4) is 0 Å². The van der Waals surface area contributed by atoms with Gasteiger partial charge in [-0.15, -0.1) is 0 Å². The lowest BCUT2D eigenvalue weighted by molar-refractivity contribution is 0.523. The summed E-state index contributed by atoms with van der Waals surface area (Å²) in [5.41, 5.74) is 0.622. The smallest absolute Gasteiger partial charge is 0.312 e. The molecule has 1 aromatic heterocycles. The molecule has 0 bridgehead atoms. The van der Waals surface area contributed by atoms with Gasteiger partial charge in [0, 0.05) is 12.2 Å². The van der Waals surface area contributed by atoms with Gasteiger partial charge in [-0.1, -0.05) is 18.2 Å². The first-order chi connectivity index (χ1) is 8.70. The molecule has 1 heterocycles. The maximum atomic E-state index is 13.9. The number of nitrogens with one attached hydrogen (secondary N) is 2.